The van der Waals surface area contributed by atoms with Gasteiger partial charge in [-0.1, -0.05) is 13.8 Å². The molecule has 0 aliphatic rings. The molecule has 0 bridgehead atoms. The lowest BCUT2D eigenvalue weighted by Gasteiger charge is -2.21. The van der Waals surface area contributed by atoms with Crippen molar-refractivity contribution in [2.45, 2.75) is 40.2 Å². The Morgan fingerprint density at radius 2 is 2.08 bits per heavy atom. The van der Waals surface area contributed by atoms with Gasteiger partial charge >= 0.3 is 5.97 Å². The van der Waals surface area contributed by atoms with Crippen LogP contribution in [0.3, 0.4) is 0 Å². The van der Waals surface area contributed by atoms with Crippen molar-refractivity contribution in [3.05, 3.63) is 0 Å². The quantitative estimate of drug-likeness (QED) is 0.496. The lowest BCUT2D eigenvalue weighted by molar-refractivity contribution is -0.152. The zero-order chi connectivity index (χ0) is 10.5. The third-order valence-corrected chi connectivity index (χ3v) is 1.30. The van der Waals surface area contributed by atoms with Gasteiger partial charge in [-0.05, 0) is 19.8 Å². The summed E-state index contributed by atoms with van der Waals surface area (Å²) >= 11 is 0. The summed E-state index contributed by atoms with van der Waals surface area (Å²) in [6.45, 7) is 9.75. The molecule has 0 spiro atoms. The van der Waals surface area contributed by atoms with E-state index in [1.54, 1.807) is 0 Å². The van der Waals surface area contributed by atoms with E-state index in [0.717, 1.165) is 0 Å². The molecule has 0 aromatic carbocycles. The molecule has 0 aliphatic carbocycles. The van der Waals surface area contributed by atoms with Crippen LogP contribution in [-0.2, 0) is 9.53 Å². The first-order valence-electron chi connectivity index (χ1n) is 4.53. The Labute approximate surface area is 80.2 Å². The van der Waals surface area contributed by atoms with Crippen LogP contribution in [0, 0.1) is 5.92 Å². The average molecular weight is 185 g/mol. The third-order valence-electron chi connectivity index (χ3n) is 1.30. The number of carbonyl (C=O) groups excluding carboxylic acids is 1. The minimum Gasteiger partial charge on any atom is -0.458 e. The van der Waals surface area contributed by atoms with Crippen molar-refractivity contribution < 1.29 is 9.53 Å². The van der Waals surface area contributed by atoms with Gasteiger partial charge in [-0.15, -0.1) is 0 Å². The third kappa shape index (κ3) is 7.50. The monoisotopic (exact) mass is 185 g/mol. The van der Waals surface area contributed by atoms with E-state index in [1.807, 2.05) is 20.1 Å². The highest BCUT2D eigenvalue weighted by molar-refractivity contribution is 5.66. The minimum absolute atomic E-state index is 0.259. The summed E-state index contributed by atoms with van der Waals surface area (Å²) in [5, 5.41) is 0. The van der Waals surface area contributed by atoms with Crippen LogP contribution in [0.2, 0.25) is 0 Å². The van der Waals surface area contributed by atoms with Crippen molar-refractivity contribution in [2.75, 3.05) is 6.54 Å². The van der Waals surface area contributed by atoms with Crippen LogP contribution >= 0.6 is 0 Å². The largest absolute Gasteiger partial charge is 0.458 e. The lowest BCUT2D eigenvalue weighted by atomic mass is 10.1. The summed E-state index contributed by atoms with van der Waals surface area (Å²) in [6.07, 6.45) is 1.87. The highest BCUT2D eigenvalue weighted by Gasteiger charge is 2.19. The van der Waals surface area contributed by atoms with Crippen LogP contribution < -0.4 is 0 Å². The van der Waals surface area contributed by atoms with Gasteiger partial charge in [-0.2, -0.15) is 0 Å². The van der Waals surface area contributed by atoms with Crippen LogP contribution in [-0.4, -0.2) is 24.3 Å². The average Bonchev–Trinajstić information content (AvgIpc) is 1.81. The Morgan fingerprint density at radius 3 is 2.46 bits per heavy atom. The first-order chi connectivity index (χ1) is 5.83. The smallest absolute Gasteiger partial charge is 0.303 e. The standard InChI is InChI=1S/C10H19NO2/c1-8(2)6-11-7-10(4,5)13-9(3)12/h6,8H,7H2,1-5H3/b11-6+. The summed E-state index contributed by atoms with van der Waals surface area (Å²) in [6, 6.07) is 0. The van der Waals surface area contributed by atoms with Gasteiger partial charge in [0.25, 0.3) is 0 Å². The van der Waals surface area contributed by atoms with Gasteiger partial charge in [0, 0.05) is 13.1 Å². The summed E-state index contributed by atoms with van der Waals surface area (Å²) in [5.74, 6) is 0.179. The van der Waals surface area contributed by atoms with Crippen molar-refractivity contribution in [1.82, 2.24) is 0 Å². The van der Waals surface area contributed by atoms with Crippen LogP contribution in [0.25, 0.3) is 0 Å². The van der Waals surface area contributed by atoms with Crippen LogP contribution in [0.1, 0.15) is 34.6 Å². The van der Waals surface area contributed by atoms with Gasteiger partial charge in [-0.3, -0.25) is 9.79 Å². The highest BCUT2D eigenvalue weighted by atomic mass is 16.6. The Bertz CT molecular complexity index is 195. The Kier molecular flexibility index (Phi) is 4.67. The molecule has 0 rings (SSSR count). The molecule has 13 heavy (non-hydrogen) atoms. The summed E-state index contributed by atoms with van der Waals surface area (Å²) in [4.78, 5) is 14.9. The van der Waals surface area contributed by atoms with Gasteiger partial charge in [0.15, 0.2) is 0 Å². The molecule has 76 valence electrons. The minimum atomic E-state index is -0.489. The van der Waals surface area contributed by atoms with Crippen molar-refractivity contribution in [2.24, 2.45) is 10.9 Å². The second kappa shape index (κ2) is 5.00. The number of ether oxygens (including phenoxy) is 1. The highest BCUT2D eigenvalue weighted by Crippen LogP contribution is 2.09. The van der Waals surface area contributed by atoms with Crippen molar-refractivity contribution >= 4 is 12.2 Å². The van der Waals surface area contributed by atoms with E-state index in [0.29, 0.717) is 12.5 Å². The maximum Gasteiger partial charge on any atom is 0.303 e. The molecule has 3 nitrogen and oxygen atoms in total. The Morgan fingerprint density at radius 1 is 1.54 bits per heavy atom. The topological polar surface area (TPSA) is 38.7 Å². The van der Waals surface area contributed by atoms with E-state index in [9.17, 15) is 4.79 Å². The van der Waals surface area contributed by atoms with E-state index in [2.05, 4.69) is 18.8 Å². The number of aliphatic imine (C=N–C) groups is 1. The zero-order valence-corrected chi connectivity index (χ0v) is 9.13. The maximum atomic E-state index is 10.7. The molecule has 0 saturated heterocycles. The van der Waals surface area contributed by atoms with Crippen LogP contribution in [0.4, 0.5) is 0 Å². The predicted octanol–water partition coefficient (Wildman–Crippen LogP) is 2.05. The van der Waals surface area contributed by atoms with E-state index >= 15 is 0 Å². The molecule has 0 heterocycles. The maximum absolute atomic E-state index is 10.7. The Balaban J connectivity index is 3.95. The lowest BCUT2D eigenvalue weighted by Crippen LogP contribution is -2.30. The molecule has 0 radical (unpaired) electrons. The molecular formula is C10H19NO2. The van der Waals surface area contributed by atoms with E-state index < -0.39 is 5.60 Å². The second-order valence-electron chi connectivity index (χ2n) is 4.09. The predicted molar refractivity (Wildman–Crippen MR) is 54.0 cm³/mol. The fourth-order valence-corrected chi connectivity index (χ4v) is 0.905. The SMILES string of the molecule is CC(=O)OC(C)(C)C/N=C/C(C)C. The number of carbonyl (C=O) groups is 1. The molecule has 0 aromatic rings. The number of nitrogens with zero attached hydrogens (tertiary/aromatic N) is 1. The van der Waals surface area contributed by atoms with Crippen molar-refractivity contribution in [3.63, 3.8) is 0 Å². The van der Waals surface area contributed by atoms with E-state index in [1.165, 1.54) is 6.92 Å². The van der Waals surface area contributed by atoms with Gasteiger partial charge in [0.1, 0.15) is 5.60 Å². The molecule has 0 fully saturated rings. The van der Waals surface area contributed by atoms with Gasteiger partial charge in [-0.25, -0.2) is 0 Å². The molecular weight excluding hydrogens is 166 g/mol. The number of esters is 1. The van der Waals surface area contributed by atoms with E-state index in [4.69, 9.17) is 4.74 Å². The summed E-state index contributed by atoms with van der Waals surface area (Å²) in [5.41, 5.74) is -0.489. The van der Waals surface area contributed by atoms with Gasteiger partial charge in [0.05, 0.1) is 6.54 Å². The second-order valence-corrected chi connectivity index (χ2v) is 4.09. The molecule has 0 atom stereocenters. The first kappa shape index (κ1) is 12.1. The summed E-state index contributed by atoms with van der Waals surface area (Å²) < 4.78 is 5.07. The van der Waals surface area contributed by atoms with Crippen LogP contribution in [0.15, 0.2) is 4.99 Å². The number of hydrogen-bond donors (Lipinski definition) is 0. The van der Waals surface area contributed by atoms with Crippen molar-refractivity contribution in [1.29, 1.82) is 0 Å². The number of rotatable bonds is 4. The van der Waals surface area contributed by atoms with Gasteiger partial charge in [0.2, 0.25) is 0 Å². The molecule has 0 N–H and O–H groups in total. The Hall–Kier alpha value is -0.860. The zero-order valence-electron chi connectivity index (χ0n) is 9.13. The normalized spacial score (nSPS) is 12.5. The molecule has 0 amide bonds. The number of hydrogen-bond acceptors (Lipinski definition) is 3. The molecule has 0 unspecified atom stereocenters. The summed E-state index contributed by atoms with van der Waals surface area (Å²) in [7, 11) is 0. The van der Waals surface area contributed by atoms with Crippen molar-refractivity contribution in [3.8, 4) is 0 Å². The fourth-order valence-electron chi connectivity index (χ4n) is 0.905. The molecule has 3 heteroatoms. The first-order valence-corrected chi connectivity index (χ1v) is 4.53. The molecule has 0 saturated carbocycles. The fraction of sp³-hybridized carbons (Fsp3) is 0.800. The van der Waals surface area contributed by atoms with E-state index in [-0.39, 0.29) is 5.97 Å². The molecule has 0 aromatic heterocycles. The van der Waals surface area contributed by atoms with Crippen LogP contribution in [0.5, 0.6) is 0 Å². The molecule has 0 aliphatic heterocycles. The van der Waals surface area contributed by atoms with Gasteiger partial charge < -0.3 is 4.74 Å².